The number of hydrogen-bond donors (Lipinski definition) is 0. The van der Waals surface area contributed by atoms with Gasteiger partial charge in [0.25, 0.3) is 0 Å². The lowest BCUT2D eigenvalue weighted by atomic mass is 9.90. The van der Waals surface area contributed by atoms with Gasteiger partial charge in [-0.15, -0.1) is 0 Å². The van der Waals surface area contributed by atoms with Crippen LogP contribution in [0.15, 0.2) is 152 Å². The molecule has 0 aliphatic rings. The molecule has 6 heteroatoms. The maximum Gasteiger partial charge on any atom is 0.139 e. The normalized spacial score (nSPS) is 11.2. The first-order valence-corrected chi connectivity index (χ1v) is 18.9. The fourth-order valence-electron chi connectivity index (χ4n) is 7.40. The molecule has 0 spiro atoms. The first kappa shape index (κ1) is 35.5. The molecule has 0 amide bonds. The summed E-state index contributed by atoms with van der Waals surface area (Å²) in [6, 6.07) is 44.4. The third-order valence-corrected chi connectivity index (χ3v) is 10.5. The van der Waals surface area contributed by atoms with Gasteiger partial charge >= 0.3 is 0 Å². The first-order chi connectivity index (χ1) is 26.9. The maximum absolute atomic E-state index is 5.57. The monoisotopic (exact) mass is 719 g/mol. The maximum atomic E-state index is 5.57. The molecule has 0 bridgehead atoms. The SMILES string of the molecule is COc1cc(-c2ccc(-c3ccccc3-c3cc(CCc4ccc(-c5nccn5C)cc4)cc(CCc4ccc(-c5nccn5C)cc4)c3)cc2)ncc1C. The van der Waals surface area contributed by atoms with Crippen molar-refractivity contribution in [1.82, 2.24) is 24.1 Å². The lowest BCUT2D eigenvalue weighted by Gasteiger charge is -2.15. The van der Waals surface area contributed by atoms with Crippen LogP contribution in [0.4, 0.5) is 0 Å². The van der Waals surface area contributed by atoms with E-state index in [1.54, 1.807) is 7.11 Å². The number of rotatable bonds is 12. The van der Waals surface area contributed by atoms with Crippen LogP contribution in [-0.4, -0.2) is 31.2 Å². The van der Waals surface area contributed by atoms with Crippen LogP contribution in [0.1, 0.15) is 27.8 Å². The predicted molar refractivity (Wildman–Crippen MR) is 224 cm³/mol. The molecule has 55 heavy (non-hydrogen) atoms. The molecular weight excluding hydrogens is 675 g/mol. The van der Waals surface area contributed by atoms with Crippen molar-refractivity contribution in [2.45, 2.75) is 32.6 Å². The predicted octanol–water partition coefficient (Wildman–Crippen LogP) is 10.8. The lowest BCUT2D eigenvalue weighted by molar-refractivity contribution is 0.411. The fraction of sp³-hybridized carbons (Fsp3) is 0.163. The average Bonchev–Trinajstić information content (AvgIpc) is 3.87. The van der Waals surface area contributed by atoms with Crippen molar-refractivity contribution in [1.29, 1.82) is 0 Å². The van der Waals surface area contributed by atoms with E-state index in [1.165, 1.54) is 44.5 Å². The highest BCUT2D eigenvalue weighted by molar-refractivity contribution is 5.84. The van der Waals surface area contributed by atoms with Crippen LogP contribution in [0.5, 0.6) is 5.75 Å². The summed E-state index contributed by atoms with van der Waals surface area (Å²) in [4.78, 5) is 13.7. The van der Waals surface area contributed by atoms with Crippen LogP contribution < -0.4 is 4.74 Å². The van der Waals surface area contributed by atoms with Gasteiger partial charge in [0.1, 0.15) is 17.4 Å². The zero-order valence-electron chi connectivity index (χ0n) is 31.9. The van der Waals surface area contributed by atoms with E-state index in [-0.39, 0.29) is 0 Å². The second-order valence-electron chi connectivity index (χ2n) is 14.3. The number of nitrogens with zero attached hydrogens (tertiary/aromatic N) is 5. The highest BCUT2D eigenvalue weighted by atomic mass is 16.5. The van der Waals surface area contributed by atoms with E-state index in [0.717, 1.165) is 71.0 Å². The van der Waals surface area contributed by atoms with E-state index >= 15 is 0 Å². The van der Waals surface area contributed by atoms with Gasteiger partial charge in [0.05, 0.1) is 12.8 Å². The number of imidazole rings is 2. The van der Waals surface area contributed by atoms with Crippen LogP contribution in [0.2, 0.25) is 0 Å². The number of methoxy groups -OCH3 is 1. The van der Waals surface area contributed by atoms with Gasteiger partial charge in [0.2, 0.25) is 0 Å². The zero-order valence-corrected chi connectivity index (χ0v) is 31.9. The van der Waals surface area contributed by atoms with Crippen molar-refractivity contribution >= 4 is 0 Å². The van der Waals surface area contributed by atoms with E-state index in [4.69, 9.17) is 4.74 Å². The Kier molecular flexibility index (Phi) is 10.2. The van der Waals surface area contributed by atoms with Crippen LogP contribution in [0.25, 0.3) is 56.3 Å². The first-order valence-electron chi connectivity index (χ1n) is 18.9. The quantitative estimate of drug-likeness (QED) is 0.126. The van der Waals surface area contributed by atoms with Gasteiger partial charge in [-0.05, 0) is 77.1 Å². The second-order valence-corrected chi connectivity index (χ2v) is 14.3. The fourth-order valence-corrected chi connectivity index (χ4v) is 7.40. The molecule has 6 nitrogen and oxygen atoms in total. The molecule has 0 N–H and O–H groups in total. The molecular formula is C49H45N5O. The molecule has 0 saturated carbocycles. The van der Waals surface area contributed by atoms with E-state index in [1.807, 2.05) is 58.1 Å². The minimum Gasteiger partial charge on any atom is -0.496 e. The summed E-state index contributed by atoms with van der Waals surface area (Å²) in [5.41, 5.74) is 15.4. The summed E-state index contributed by atoms with van der Waals surface area (Å²) < 4.78 is 9.68. The molecule has 272 valence electrons. The molecule has 3 heterocycles. The summed E-state index contributed by atoms with van der Waals surface area (Å²) in [7, 11) is 5.77. The Bertz CT molecular complexity index is 2440. The van der Waals surface area contributed by atoms with Crippen molar-refractivity contribution in [3.63, 3.8) is 0 Å². The Labute approximate surface area is 323 Å². The number of hydrogen-bond acceptors (Lipinski definition) is 4. The molecule has 8 aromatic rings. The molecule has 0 aliphatic carbocycles. The van der Waals surface area contributed by atoms with Crippen LogP contribution >= 0.6 is 0 Å². The molecule has 3 aromatic heterocycles. The van der Waals surface area contributed by atoms with E-state index in [9.17, 15) is 0 Å². The summed E-state index contributed by atoms with van der Waals surface area (Å²) in [5, 5.41) is 0. The van der Waals surface area contributed by atoms with Gasteiger partial charge in [-0.2, -0.15) is 0 Å². The van der Waals surface area contributed by atoms with E-state index < -0.39 is 0 Å². The molecule has 8 rings (SSSR count). The standard InChI is InChI=1S/C49H45N5O/c1-34-33-52-46(32-47(34)55-4)40-23-21-39(22-24-40)44-7-5-6-8-45(44)43-30-37(11-9-35-13-17-41(18-14-35)48-50-25-27-53(48)2)29-38(31-43)12-10-36-15-19-42(20-16-36)49-51-26-28-54(49)3/h5-8,13-33H,9-12H2,1-4H3. The van der Waals surface area contributed by atoms with Gasteiger partial charge in [0.15, 0.2) is 0 Å². The Balaban J connectivity index is 1.08. The van der Waals surface area contributed by atoms with Gasteiger partial charge in [-0.1, -0.05) is 115 Å². The molecule has 0 saturated heterocycles. The molecule has 0 fully saturated rings. The van der Waals surface area contributed by atoms with Gasteiger partial charge in [-0.3, -0.25) is 4.98 Å². The Morgan fingerprint density at radius 2 is 0.964 bits per heavy atom. The third-order valence-electron chi connectivity index (χ3n) is 10.5. The summed E-state index contributed by atoms with van der Waals surface area (Å²) in [6.07, 6.45) is 13.3. The zero-order chi connectivity index (χ0) is 37.7. The van der Waals surface area contributed by atoms with Crippen molar-refractivity contribution < 1.29 is 4.74 Å². The average molecular weight is 720 g/mol. The molecule has 0 radical (unpaired) electrons. The summed E-state index contributed by atoms with van der Waals surface area (Å²) >= 11 is 0. The number of aromatic nitrogens is 5. The summed E-state index contributed by atoms with van der Waals surface area (Å²) in [5.74, 6) is 2.81. The Morgan fingerprint density at radius 3 is 1.45 bits per heavy atom. The Hall–Kier alpha value is -6.53. The smallest absolute Gasteiger partial charge is 0.139 e. The van der Waals surface area contributed by atoms with Crippen LogP contribution in [0.3, 0.4) is 0 Å². The lowest BCUT2D eigenvalue weighted by Crippen LogP contribution is -1.98. The van der Waals surface area contributed by atoms with Gasteiger partial charge in [0, 0.05) is 73.4 Å². The van der Waals surface area contributed by atoms with Crippen LogP contribution in [-0.2, 0) is 39.8 Å². The minimum absolute atomic E-state index is 0.845. The Morgan fingerprint density at radius 1 is 0.491 bits per heavy atom. The van der Waals surface area contributed by atoms with Crippen molar-refractivity contribution in [3.05, 3.63) is 180 Å². The minimum atomic E-state index is 0.845. The number of benzene rings is 5. The molecule has 0 aliphatic heterocycles. The molecule has 5 aromatic carbocycles. The topological polar surface area (TPSA) is 57.8 Å². The highest BCUT2D eigenvalue weighted by Gasteiger charge is 2.13. The van der Waals surface area contributed by atoms with Gasteiger partial charge < -0.3 is 13.9 Å². The third kappa shape index (κ3) is 7.90. The summed E-state index contributed by atoms with van der Waals surface area (Å²) in [6.45, 7) is 2.01. The largest absolute Gasteiger partial charge is 0.496 e. The van der Waals surface area contributed by atoms with Crippen molar-refractivity contribution in [3.8, 4) is 62.0 Å². The second kappa shape index (κ2) is 15.8. The molecule has 0 atom stereocenters. The van der Waals surface area contributed by atoms with E-state index in [0.29, 0.717) is 0 Å². The van der Waals surface area contributed by atoms with Crippen molar-refractivity contribution in [2.75, 3.05) is 7.11 Å². The molecule has 0 unspecified atom stereocenters. The number of ether oxygens (including phenoxy) is 1. The highest BCUT2D eigenvalue weighted by Crippen LogP contribution is 2.35. The van der Waals surface area contributed by atoms with Crippen LogP contribution in [0, 0.1) is 6.92 Å². The van der Waals surface area contributed by atoms with Crippen molar-refractivity contribution in [2.24, 2.45) is 14.1 Å². The number of aryl methyl sites for hydroxylation is 7. The number of pyridine rings is 1. The van der Waals surface area contributed by atoms with E-state index in [2.05, 4.69) is 139 Å². The van der Waals surface area contributed by atoms with Gasteiger partial charge in [-0.25, -0.2) is 9.97 Å².